The second kappa shape index (κ2) is 5.69. The molecule has 0 aliphatic heterocycles. The van der Waals surface area contributed by atoms with Gasteiger partial charge in [0.15, 0.2) is 17.3 Å². The van der Waals surface area contributed by atoms with Crippen molar-refractivity contribution < 1.29 is 9.47 Å². The van der Waals surface area contributed by atoms with E-state index in [1.807, 2.05) is 18.4 Å². The van der Waals surface area contributed by atoms with E-state index in [1.165, 1.54) is 4.57 Å². The molecular formula is C15H15N3O3S. The highest BCUT2D eigenvalue weighted by molar-refractivity contribution is 7.13. The molecule has 0 amide bonds. The van der Waals surface area contributed by atoms with E-state index in [4.69, 9.17) is 9.47 Å². The summed E-state index contributed by atoms with van der Waals surface area (Å²) in [6, 6.07) is 7.31. The van der Waals surface area contributed by atoms with Gasteiger partial charge in [-0.3, -0.25) is 0 Å². The van der Waals surface area contributed by atoms with Crippen molar-refractivity contribution in [3.8, 4) is 27.9 Å². The number of thiophene rings is 1. The van der Waals surface area contributed by atoms with Crippen LogP contribution in [-0.4, -0.2) is 29.0 Å². The van der Waals surface area contributed by atoms with E-state index in [2.05, 4.69) is 10.2 Å². The highest BCUT2D eigenvalue weighted by atomic mass is 32.1. The minimum absolute atomic E-state index is 0.296. The normalized spacial score (nSPS) is 10.7. The van der Waals surface area contributed by atoms with Gasteiger partial charge in [-0.05, 0) is 36.1 Å². The van der Waals surface area contributed by atoms with Crippen molar-refractivity contribution in [1.29, 1.82) is 0 Å². The molecule has 3 rings (SSSR count). The van der Waals surface area contributed by atoms with Crippen molar-refractivity contribution in [2.24, 2.45) is 0 Å². The van der Waals surface area contributed by atoms with E-state index in [0.717, 1.165) is 10.4 Å². The monoisotopic (exact) mass is 317 g/mol. The number of ether oxygens (including phenoxy) is 2. The van der Waals surface area contributed by atoms with Gasteiger partial charge in [-0.15, -0.1) is 11.3 Å². The maximum Gasteiger partial charge on any atom is 0.348 e. The third-order valence-electron chi connectivity index (χ3n) is 3.36. The molecule has 7 heteroatoms. The second-order valence-corrected chi connectivity index (χ2v) is 5.58. The molecule has 6 nitrogen and oxygen atoms in total. The maximum absolute atomic E-state index is 12.2. The number of aromatic nitrogens is 3. The molecule has 0 bridgehead atoms. The van der Waals surface area contributed by atoms with Crippen molar-refractivity contribution in [3.05, 3.63) is 45.7 Å². The quantitative estimate of drug-likeness (QED) is 0.803. The van der Waals surface area contributed by atoms with Crippen LogP contribution in [0.4, 0.5) is 0 Å². The molecule has 0 spiro atoms. The number of methoxy groups -OCH3 is 2. The maximum atomic E-state index is 12.2. The molecule has 1 aromatic carbocycles. The van der Waals surface area contributed by atoms with Gasteiger partial charge in [-0.2, -0.15) is 5.10 Å². The lowest BCUT2D eigenvalue weighted by atomic mass is 10.2. The fraction of sp³-hybridized carbons (Fsp3) is 0.200. The van der Waals surface area contributed by atoms with E-state index < -0.39 is 0 Å². The average molecular weight is 317 g/mol. The second-order valence-electron chi connectivity index (χ2n) is 4.66. The Morgan fingerprint density at radius 1 is 1.18 bits per heavy atom. The number of nitrogens with zero attached hydrogens (tertiary/aromatic N) is 2. The fourth-order valence-electron chi connectivity index (χ4n) is 2.25. The largest absolute Gasteiger partial charge is 0.493 e. The first kappa shape index (κ1) is 14.4. The summed E-state index contributed by atoms with van der Waals surface area (Å²) in [4.78, 5) is 13.1. The van der Waals surface area contributed by atoms with Gasteiger partial charge < -0.3 is 9.47 Å². The van der Waals surface area contributed by atoms with Crippen LogP contribution < -0.4 is 15.2 Å². The Morgan fingerprint density at radius 2 is 1.95 bits per heavy atom. The van der Waals surface area contributed by atoms with Crippen LogP contribution in [0.2, 0.25) is 0 Å². The Labute approximate surface area is 130 Å². The van der Waals surface area contributed by atoms with Crippen molar-refractivity contribution in [2.45, 2.75) is 6.92 Å². The fourth-order valence-corrected chi connectivity index (χ4v) is 3.16. The highest BCUT2D eigenvalue weighted by Crippen LogP contribution is 2.32. The van der Waals surface area contributed by atoms with Gasteiger partial charge in [0.1, 0.15) is 0 Å². The van der Waals surface area contributed by atoms with E-state index >= 15 is 0 Å². The number of hydrogen-bond donors (Lipinski definition) is 1. The average Bonchev–Trinajstić information content (AvgIpc) is 3.12. The molecule has 1 N–H and O–H groups in total. The van der Waals surface area contributed by atoms with Gasteiger partial charge in [-0.25, -0.2) is 14.5 Å². The van der Waals surface area contributed by atoms with Crippen LogP contribution in [0, 0.1) is 6.92 Å². The van der Waals surface area contributed by atoms with Crippen LogP contribution in [0.15, 0.2) is 34.4 Å². The van der Waals surface area contributed by atoms with Crippen LogP contribution in [-0.2, 0) is 0 Å². The molecular weight excluding hydrogens is 302 g/mol. The minimum Gasteiger partial charge on any atom is -0.493 e. The zero-order valence-electron chi connectivity index (χ0n) is 12.4. The summed E-state index contributed by atoms with van der Waals surface area (Å²) in [5.74, 6) is 1.75. The first-order valence-corrected chi connectivity index (χ1v) is 7.48. The number of rotatable bonds is 4. The van der Waals surface area contributed by atoms with Crippen molar-refractivity contribution in [2.75, 3.05) is 14.2 Å². The molecule has 0 atom stereocenters. The first-order chi connectivity index (χ1) is 10.7. The van der Waals surface area contributed by atoms with Gasteiger partial charge in [0.2, 0.25) is 0 Å². The lowest BCUT2D eigenvalue weighted by Gasteiger charge is -2.10. The number of nitrogens with one attached hydrogen (secondary N) is 1. The molecule has 114 valence electrons. The van der Waals surface area contributed by atoms with Gasteiger partial charge in [0.25, 0.3) is 0 Å². The van der Waals surface area contributed by atoms with Gasteiger partial charge >= 0.3 is 5.69 Å². The van der Waals surface area contributed by atoms with Crippen LogP contribution in [0.5, 0.6) is 11.5 Å². The predicted octanol–water partition coefficient (Wildman–Crippen LogP) is 2.61. The molecule has 0 fully saturated rings. The number of H-pyrrole nitrogens is 1. The van der Waals surface area contributed by atoms with E-state index in [0.29, 0.717) is 23.0 Å². The van der Waals surface area contributed by atoms with E-state index in [1.54, 1.807) is 43.8 Å². The minimum atomic E-state index is -0.296. The van der Waals surface area contributed by atoms with Crippen molar-refractivity contribution in [1.82, 2.24) is 14.8 Å². The number of benzene rings is 1. The van der Waals surface area contributed by atoms with Crippen LogP contribution in [0.3, 0.4) is 0 Å². The zero-order valence-corrected chi connectivity index (χ0v) is 13.2. The van der Waals surface area contributed by atoms with Crippen LogP contribution in [0.1, 0.15) is 5.56 Å². The topological polar surface area (TPSA) is 69.1 Å². The van der Waals surface area contributed by atoms with Crippen molar-refractivity contribution >= 4 is 11.3 Å². The standard InChI is InChI=1S/C15H15N3O3S/c1-9-6-7-22-13(9)14-16-17-15(19)18(14)10-4-5-11(20-2)12(8-10)21-3/h4-8H,1-3H3,(H,17,19). The predicted molar refractivity (Wildman–Crippen MR) is 85.3 cm³/mol. The molecule has 0 unspecified atom stereocenters. The summed E-state index contributed by atoms with van der Waals surface area (Å²) in [5, 5.41) is 8.64. The molecule has 3 aromatic rings. The third-order valence-corrected chi connectivity index (χ3v) is 4.38. The Balaban J connectivity index is 2.19. The zero-order chi connectivity index (χ0) is 15.7. The van der Waals surface area contributed by atoms with Crippen LogP contribution in [0.25, 0.3) is 16.4 Å². The van der Waals surface area contributed by atoms with E-state index in [9.17, 15) is 4.79 Å². The Hall–Kier alpha value is -2.54. The third kappa shape index (κ3) is 2.29. The molecule has 0 radical (unpaired) electrons. The molecule has 2 aromatic heterocycles. The summed E-state index contributed by atoms with van der Waals surface area (Å²) >= 11 is 1.54. The van der Waals surface area contributed by atoms with E-state index in [-0.39, 0.29) is 5.69 Å². The molecule has 0 saturated heterocycles. The molecule has 0 aliphatic carbocycles. The smallest absolute Gasteiger partial charge is 0.348 e. The Kier molecular flexibility index (Phi) is 3.72. The first-order valence-electron chi connectivity index (χ1n) is 6.60. The summed E-state index contributed by atoms with van der Waals surface area (Å²) in [5.41, 5.74) is 1.44. The van der Waals surface area contributed by atoms with Gasteiger partial charge in [0.05, 0.1) is 24.8 Å². The lowest BCUT2D eigenvalue weighted by molar-refractivity contribution is 0.355. The van der Waals surface area contributed by atoms with Gasteiger partial charge in [-0.1, -0.05) is 0 Å². The molecule has 0 aliphatic rings. The summed E-state index contributed by atoms with van der Waals surface area (Å²) < 4.78 is 12.1. The molecule has 0 saturated carbocycles. The number of aryl methyl sites for hydroxylation is 1. The SMILES string of the molecule is COc1ccc(-n2c(-c3sccc3C)n[nH]c2=O)cc1OC. The summed E-state index contributed by atoms with van der Waals surface area (Å²) in [7, 11) is 3.13. The number of hydrogen-bond acceptors (Lipinski definition) is 5. The Morgan fingerprint density at radius 3 is 2.59 bits per heavy atom. The summed E-state index contributed by atoms with van der Waals surface area (Å²) in [6.07, 6.45) is 0. The molecule has 2 heterocycles. The van der Waals surface area contributed by atoms with Crippen molar-refractivity contribution in [3.63, 3.8) is 0 Å². The lowest BCUT2D eigenvalue weighted by Crippen LogP contribution is -2.15. The molecule has 22 heavy (non-hydrogen) atoms. The van der Waals surface area contributed by atoms with Gasteiger partial charge in [0, 0.05) is 6.07 Å². The highest BCUT2D eigenvalue weighted by Gasteiger charge is 2.17. The Bertz CT molecular complexity index is 863. The van der Waals surface area contributed by atoms with Crippen LogP contribution >= 0.6 is 11.3 Å². The number of aromatic amines is 1. The summed E-state index contributed by atoms with van der Waals surface area (Å²) in [6.45, 7) is 1.99.